The van der Waals surface area contributed by atoms with Crippen LogP contribution in [0, 0.1) is 0 Å². The van der Waals surface area contributed by atoms with Crippen molar-refractivity contribution in [1.29, 1.82) is 0 Å². The number of benzene rings is 1. The first-order valence-corrected chi connectivity index (χ1v) is 7.15. The number of methoxy groups -OCH3 is 1. The van der Waals surface area contributed by atoms with Gasteiger partial charge in [0.2, 0.25) is 0 Å². The molecule has 0 aliphatic heterocycles. The number of hydrogen-bond donors (Lipinski definition) is 1. The van der Waals surface area contributed by atoms with Crippen LogP contribution in [0.25, 0.3) is 0 Å². The van der Waals surface area contributed by atoms with E-state index in [1.807, 2.05) is 25.1 Å². The first-order valence-electron chi connectivity index (χ1n) is 6.77. The monoisotopic (exact) mass is 285 g/mol. The van der Waals surface area contributed by atoms with Gasteiger partial charge < -0.3 is 15.2 Å². The highest BCUT2D eigenvalue weighted by molar-refractivity contribution is 6.32. The van der Waals surface area contributed by atoms with Crippen LogP contribution in [0.1, 0.15) is 45.2 Å². The molecule has 1 rings (SSSR count). The molecule has 4 heteroatoms. The van der Waals surface area contributed by atoms with Gasteiger partial charge in [-0.05, 0) is 37.5 Å². The van der Waals surface area contributed by atoms with E-state index in [0.29, 0.717) is 17.4 Å². The van der Waals surface area contributed by atoms with E-state index in [1.165, 1.54) is 0 Å². The number of ether oxygens (including phenoxy) is 2. The lowest BCUT2D eigenvalue weighted by Crippen LogP contribution is -2.43. The molecular weight excluding hydrogens is 262 g/mol. The van der Waals surface area contributed by atoms with Crippen LogP contribution in [0.5, 0.6) is 5.75 Å². The lowest BCUT2D eigenvalue weighted by atomic mass is 9.84. The summed E-state index contributed by atoms with van der Waals surface area (Å²) in [7, 11) is 1.60. The van der Waals surface area contributed by atoms with Crippen molar-refractivity contribution in [2.45, 2.75) is 45.3 Å². The van der Waals surface area contributed by atoms with E-state index >= 15 is 0 Å². The molecule has 0 aliphatic rings. The summed E-state index contributed by atoms with van der Waals surface area (Å²) < 4.78 is 11.2. The fraction of sp³-hybridized carbons (Fsp3) is 0.600. The maximum Gasteiger partial charge on any atom is 0.137 e. The van der Waals surface area contributed by atoms with E-state index < -0.39 is 0 Å². The van der Waals surface area contributed by atoms with Gasteiger partial charge in [-0.15, -0.1) is 0 Å². The second kappa shape index (κ2) is 7.13. The normalized spacial score (nSPS) is 13.4. The topological polar surface area (TPSA) is 44.5 Å². The molecule has 0 aliphatic carbocycles. The Morgan fingerprint density at radius 2 is 1.89 bits per heavy atom. The summed E-state index contributed by atoms with van der Waals surface area (Å²) in [6, 6.07) is 5.45. The lowest BCUT2D eigenvalue weighted by Gasteiger charge is -2.37. The Labute approximate surface area is 121 Å². The predicted octanol–water partition coefficient (Wildman–Crippen LogP) is 3.94. The number of rotatable bonds is 7. The molecule has 0 aromatic heterocycles. The van der Waals surface area contributed by atoms with Gasteiger partial charge in [0, 0.05) is 6.61 Å². The van der Waals surface area contributed by atoms with Crippen molar-refractivity contribution >= 4 is 11.6 Å². The summed E-state index contributed by atoms with van der Waals surface area (Å²) in [5, 5.41) is 0.591. The zero-order valence-electron chi connectivity index (χ0n) is 12.2. The lowest BCUT2D eigenvalue weighted by molar-refractivity contribution is -0.0646. The molecule has 3 nitrogen and oxygen atoms in total. The van der Waals surface area contributed by atoms with E-state index in [4.69, 9.17) is 26.8 Å². The van der Waals surface area contributed by atoms with Gasteiger partial charge in [-0.3, -0.25) is 0 Å². The summed E-state index contributed by atoms with van der Waals surface area (Å²) in [6.45, 7) is 6.85. The minimum Gasteiger partial charge on any atom is -0.495 e. The standard InChI is InChI=1S/C15H24ClNO2/c1-5-15(6-2,19-7-3)14(17)11-8-9-12(16)13(10-11)18-4/h8-10,14H,5-7,17H2,1-4H3. The molecule has 0 radical (unpaired) electrons. The molecule has 1 atom stereocenters. The van der Waals surface area contributed by atoms with Crippen molar-refractivity contribution in [2.24, 2.45) is 5.73 Å². The van der Waals surface area contributed by atoms with Gasteiger partial charge in [-0.2, -0.15) is 0 Å². The van der Waals surface area contributed by atoms with Gasteiger partial charge in [-0.1, -0.05) is 31.5 Å². The molecule has 1 aromatic rings. The molecule has 2 N–H and O–H groups in total. The largest absolute Gasteiger partial charge is 0.495 e. The predicted molar refractivity (Wildman–Crippen MR) is 79.9 cm³/mol. The average Bonchev–Trinajstić information content (AvgIpc) is 2.44. The number of nitrogens with two attached hydrogens (primary N) is 1. The minimum absolute atomic E-state index is 0.200. The molecule has 0 spiro atoms. The third kappa shape index (κ3) is 3.41. The SMILES string of the molecule is CCOC(CC)(CC)C(N)c1ccc(Cl)c(OC)c1. The summed E-state index contributed by atoms with van der Waals surface area (Å²) in [5.41, 5.74) is 7.08. The maximum absolute atomic E-state index is 6.43. The molecule has 108 valence electrons. The quantitative estimate of drug-likeness (QED) is 0.825. The van der Waals surface area contributed by atoms with Crippen molar-refractivity contribution in [1.82, 2.24) is 0 Å². The van der Waals surface area contributed by atoms with Crippen LogP contribution in [0.15, 0.2) is 18.2 Å². The summed E-state index contributed by atoms with van der Waals surface area (Å²) in [6.07, 6.45) is 1.73. The molecular formula is C15H24ClNO2. The third-order valence-corrected chi connectivity index (χ3v) is 4.04. The second-order valence-corrected chi connectivity index (χ2v) is 4.98. The van der Waals surface area contributed by atoms with Gasteiger partial charge in [0.15, 0.2) is 0 Å². The summed E-state index contributed by atoms with van der Waals surface area (Å²) >= 11 is 6.05. The third-order valence-electron chi connectivity index (χ3n) is 3.73. The van der Waals surface area contributed by atoms with Crippen molar-refractivity contribution in [3.63, 3.8) is 0 Å². The van der Waals surface area contributed by atoms with E-state index in [9.17, 15) is 0 Å². The minimum atomic E-state index is -0.340. The first kappa shape index (κ1) is 16.3. The molecule has 0 saturated heterocycles. The van der Waals surface area contributed by atoms with Crippen molar-refractivity contribution < 1.29 is 9.47 Å². The molecule has 1 aromatic carbocycles. The van der Waals surface area contributed by atoms with Crippen molar-refractivity contribution in [3.05, 3.63) is 28.8 Å². The molecule has 0 fully saturated rings. The van der Waals surface area contributed by atoms with Crippen LogP contribution in [-0.2, 0) is 4.74 Å². The summed E-state index contributed by atoms with van der Waals surface area (Å²) in [5.74, 6) is 0.646. The number of halogens is 1. The molecule has 0 saturated carbocycles. The van der Waals surface area contributed by atoms with Crippen molar-refractivity contribution in [3.8, 4) is 5.75 Å². The maximum atomic E-state index is 6.43. The van der Waals surface area contributed by atoms with Crippen LogP contribution >= 0.6 is 11.6 Å². The second-order valence-electron chi connectivity index (χ2n) is 4.58. The zero-order chi connectivity index (χ0) is 14.5. The molecule has 0 heterocycles. The highest BCUT2D eigenvalue weighted by Gasteiger charge is 2.35. The Balaban J connectivity index is 3.12. The molecule has 0 amide bonds. The average molecular weight is 286 g/mol. The van der Waals surface area contributed by atoms with Gasteiger partial charge in [-0.25, -0.2) is 0 Å². The first-order chi connectivity index (χ1) is 9.04. The van der Waals surface area contributed by atoms with Gasteiger partial charge in [0.05, 0.1) is 23.8 Å². The smallest absolute Gasteiger partial charge is 0.137 e. The fourth-order valence-electron chi connectivity index (χ4n) is 2.44. The van der Waals surface area contributed by atoms with Gasteiger partial charge in [0.25, 0.3) is 0 Å². The number of hydrogen-bond acceptors (Lipinski definition) is 3. The zero-order valence-corrected chi connectivity index (χ0v) is 13.0. The summed E-state index contributed by atoms with van der Waals surface area (Å²) in [4.78, 5) is 0. The van der Waals surface area contributed by atoms with Crippen LogP contribution in [0.2, 0.25) is 5.02 Å². The Hall–Kier alpha value is -0.770. The van der Waals surface area contributed by atoms with Crippen molar-refractivity contribution in [2.75, 3.05) is 13.7 Å². The Morgan fingerprint density at radius 1 is 1.26 bits per heavy atom. The van der Waals surface area contributed by atoms with Gasteiger partial charge in [0.1, 0.15) is 5.75 Å². The van der Waals surface area contributed by atoms with E-state index in [0.717, 1.165) is 18.4 Å². The Kier molecular flexibility index (Phi) is 6.11. The molecule has 19 heavy (non-hydrogen) atoms. The van der Waals surface area contributed by atoms with Crippen LogP contribution < -0.4 is 10.5 Å². The fourth-order valence-corrected chi connectivity index (χ4v) is 2.64. The van der Waals surface area contributed by atoms with Gasteiger partial charge >= 0.3 is 0 Å². The highest BCUT2D eigenvalue weighted by Crippen LogP contribution is 2.36. The molecule has 0 bridgehead atoms. The van der Waals surface area contributed by atoms with Crippen LogP contribution in [0.4, 0.5) is 0 Å². The highest BCUT2D eigenvalue weighted by atomic mass is 35.5. The van der Waals surface area contributed by atoms with E-state index in [2.05, 4.69) is 13.8 Å². The van der Waals surface area contributed by atoms with Crippen LogP contribution in [0.3, 0.4) is 0 Å². The van der Waals surface area contributed by atoms with Crippen LogP contribution in [-0.4, -0.2) is 19.3 Å². The van der Waals surface area contributed by atoms with E-state index in [-0.39, 0.29) is 11.6 Å². The Bertz CT molecular complexity index is 405. The Morgan fingerprint density at radius 3 is 2.37 bits per heavy atom. The molecule has 1 unspecified atom stereocenters. The van der Waals surface area contributed by atoms with E-state index in [1.54, 1.807) is 7.11 Å².